The van der Waals surface area contributed by atoms with E-state index in [2.05, 4.69) is 0 Å². The Kier molecular flexibility index (Phi) is 6.39. The number of esters is 2. The third-order valence-corrected chi connectivity index (χ3v) is 5.38. The van der Waals surface area contributed by atoms with E-state index in [0.29, 0.717) is 12.8 Å². The second kappa shape index (κ2) is 8.19. The summed E-state index contributed by atoms with van der Waals surface area (Å²) in [4.78, 5) is 25.1. The van der Waals surface area contributed by atoms with Crippen LogP contribution >= 0.6 is 0 Å². The molecule has 0 radical (unpaired) electrons. The zero-order valence-electron chi connectivity index (χ0n) is 17.4. The lowest BCUT2D eigenvalue weighted by molar-refractivity contribution is -0.172. The van der Waals surface area contributed by atoms with Crippen LogP contribution < -0.4 is 9.47 Å². The fourth-order valence-electron chi connectivity index (χ4n) is 3.81. The summed E-state index contributed by atoms with van der Waals surface area (Å²) in [5, 5.41) is 0. The first-order valence-corrected chi connectivity index (χ1v) is 9.40. The van der Waals surface area contributed by atoms with Gasteiger partial charge in [-0.2, -0.15) is 0 Å². The summed E-state index contributed by atoms with van der Waals surface area (Å²) in [6, 6.07) is 0. The quantitative estimate of drug-likeness (QED) is 0.558. The van der Waals surface area contributed by atoms with Crippen LogP contribution in [0, 0.1) is 26.7 Å². The summed E-state index contributed by atoms with van der Waals surface area (Å²) < 4.78 is 22.2. The van der Waals surface area contributed by atoms with E-state index >= 15 is 0 Å². The maximum absolute atomic E-state index is 12.6. The molecule has 1 aromatic rings. The summed E-state index contributed by atoms with van der Waals surface area (Å²) in [6.07, 6.45) is 1.17. The summed E-state index contributed by atoms with van der Waals surface area (Å²) >= 11 is 0. The van der Waals surface area contributed by atoms with Crippen LogP contribution in [0.3, 0.4) is 0 Å². The lowest BCUT2D eigenvalue weighted by atomic mass is 9.79. The molecule has 6 heteroatoms. The van der Waals surface area contributed by atoms with E-state index < -0.39 is 23.5 Å². The second-order valence-electron chi connectivity index (χ2n) is 7.07. The van der Waals surface area contributed by atoms with Gasteiger partial charge in [0, 0.05) is 5.56 Å². The molecular formula is C21H30O6. The minimum Gasteiger partial charge on any atom is -0.496 e. The van der Waals surface area contributed by atoms with Crippen LogP contribution in [-0.2, 0) is 25.5 Å². The van der Waals surface area contributed by atoms with E-state index in [1.807, 2.05) is 20.8 Å². The normalized spacial score (nSPS) is 18.5. The lowest BCUT2D eigenvalue weighted by Crippen LogP contribution is -2.52. The standard InChI is InChI=1S/C21H30O6/c1-8-25-19(22)16(20(23)26-9-2)21(6)11-10-15-14(5)17(24-7)12(3)13(4)18(15)27-21/h16H,8-11H2,1-7H3. The number of benzene rings is 1. The molecule has 1 atom stereocenters. The Morgan fingerprint density at radius 1 is 1.04 bits per heavy atom. The number of carbonyl (C=O) groups excluding carboxylic acids is 2. The third-order valence-electron chi connectivity index (χ3n) is 5.38. The summed E-state index contributed by atoms with van der Waals surface area (Å²) in [6.45, 7) is 11.5. The Balaban J connectivity index is 2.51. The molecule has 1 unspecified atom stereocenters. The smallest absolute Gasteiger partial charge is 0.324 e. The third kappa shape index (κ3) is 3.75. The van der Waals surface area contributed by atoms with Crippen LogP contribution in [0.15, 0.2) is 0 Å². The zero-order valence-corrected chi connectivity index (χ0v) is 17.4. The molecule has 2 rings (SSSR count). The first-order chi connectivity index (χ1) is 12.7. The molecule has 27 heavy (non-hydrogen) atoms. The fourth-order valence-corrected chi connectivity index (χ4v) is 3.81. The SMILES string of the molecule is CCOC(=O)C(C(=O)OCC)C1(C)CCc2c(C)c(OC)c(C)c(C)c2O1. The predicted octanol–water partition coefficient (Wildman–Crippen LogP) is 3.45. The van der Waals surface area contributed by atoms with Crippen LogP contribution in [-0.4, -0.2) is 37.9 Å². The molecular weight excluding hydrogens is 348 g/mol. The molecule has 0 aliphatic carbocycles. The molecule has 0 saturated carbocycles. The molecule has 0 aromatic heterocycles. The Morgan fingerprint density at radius 3 is 2.07 bits per heavy atom. The number of rotatable bonds is 6. The van der Waals surface area contributed by atoms with E-state index in [4.69, 9.17) is 18.9 Å². The Hall–Kier alpha value is -2.24. The number of methoxy groups -OCH3 is 1. The molecule has 1 aromatic carbocycles. The first kappa shape index (κ1) is 21.1. The van der Waals surface area contributed by atoms with Gasteiger partial charge in [0.05, 0.1) is 20.3 Å². The first-order valence-electron chi connectivity index (χ1n) is 9.40. The van der Waals surface area contributed by atoms with Crippen molar-refractivity contribution < 1.29 is 28.5 Å². The fraction of sp³-hybridized carbons (Fsp3) is 0.619. The Morgan fingerprint density at radius 2 is 1.59 bits per heavy atom. The minimum absolute atomic E-state index is 0.190. The maximum Gasteiger partial charge on any atom is 0.324 e. The van der Waals surface area contributed by atoms with Gasteiger partial charge in [0.2, 0.25) is 0 Å². The van der Waals surface area contributed by atoms with Crippen molar-refractivity contribution in [2.45, 2.75) is 60.0 Å². The maximum atomic E-state index is 12.6. The van der Waals surface area contributed by atoms with Crippen molar-refractivity contribution in [2.75, 3.05) is 20.3 Å². The zero-order chi connectivity index (χ0) is 20.4. The van der Waals surface area contributed by atoms with Crippen molar-refractivity contribution >= 4 is 11.9 Å². The molecule has 6 nitrogen and oxygen atoms in total. The van der Waals surface area contributed by atoms with Gasteiger partial charge in [-0.1, -0.05) is 0 Å². The van der Waals surface area contributed by atoms with Crippen molar-refractivity contribution in [2.24, 2.45) is 5.92 Å². The van der Waals surface area contributed by atoms with Gasteiger partial charge in [-0.3, -0.25) is 9.59 Å². The highest BCUT2D eigenvalue weighted by Crippen LogP contribution is 2.45. The van der Waals surface area contributed by atoms with E-state index in [1.54, 1.807) is 27.9 Å². The van der Waals surface area contributed by atoms with Crippen LogP contribution in [0.2, 0.25) is 0 Å². The molecule has 0 saturated heterocycles. The topological polar surface area (TPSA) is 71.1 Å². The minimum atomic E-state index is -1.13. The summed E-state index contributed by atoms with van der Waals surface area (Å²) in [7, 11) is 1.66. The van der Waals surface area contributed by atoms with E-state index in [9.17, 15) is 9.59 Å². The summed E-state index contributed by atoms with van der Waals surface area (Å²) in [5.74, 6) is -0.778. The van der Waals surface area contributed by atoms with Crippen molar-refractivity contribution in [3.05, 3.63) is 22.3 Å². The monoisotopic (exact) mass is 378 g/mol. The molecule has 150 valence electrons. The molecule has 0 fully saturated rings. The molecule has 0 spiro atoms. The highest BCUT2D eigenvalue weighted by atomic mass is 16.6. The van der Waals surface area contributed by atoms with E-state index in [0.717, 1.165) is 33.8 Å². The van der Waals surface area contributed by atoms with Gasteiger partial charge in [-0.05, 0) is 71.1 Å². The van der Waals surface area contributed by atoms with Crippen LogP contribution in [0.4, 0.5) is 0 Å². The van der Waals surface area contributed by atoms with Crippen LogP contribution in [0.25, 0.3) is 0 Å². The molecule has 1 aliphatic rings. The van der Waals surface area contributed by atoms with Crippen LogP contribution in [0.1, 0.15) is 49.4 Å². The number of fused-ring (bicyclic) bond motifs is 1. The van der Waals surface area contributed by atoms with Gasteiger partial charge >= 0.3 is 11.9 Å². The molecule has 0 N–H and O–H groups in total. The van der Waals surface area contributed by atoms with E-state index in [1.165, 1.54) is 0 Å². The molecule has 1 aliphatic heterocycles. The second-order valence-corrected chi connectivity index (χ2v) is 7.07. The van der Waals surface area contributed by atoms with Crippen molar-refractivity contribution in [3.63, 3.8) is 0 Å². The van der Waals surface area contributed by atoms with Crippen LogP contribution in [0.5, 0.6) is 11.5 Å². The van der Waals surface area contributed by atoms with Gasteiger partial charge in [0.25, 0.3) is 0 Å². The van der Waals surface area contributed by atoms with Crippen molar-refractivity contribution in [1.29, 1.82) is 0 Å². The average molecular weight is 378 g/mol. The highest BCUT2D eigenvalue weighted by Gasteiger charge is 2.50. The van der Waals surface area contributed by atoms with Crippen molar-refractivity contribution in [1.82, 2.24) is 0 Å². The highest BCUT2D eigenvalue weighted by molar-refractivity contribution is 5.96. The lowest BCUT2D eigenvalue weighted by Gasteiger charge is -2.40. The van der Waals surface area contributed by atoms with Gasteiger partial charge in [0.1, 0.15) is 17.1 Å². The van der Waals surface area contributed by atoms with Gasteiger partial charge in [-0.15, -0.1) is 0 Å². The Labute approximate surface area is 161 Å². The number of ether oxygens (including phenoxy) is 4. The predicted molar refractivity (Wildman–Crippen MR) is 101 cm³/mol. The number of hydrogen-bond acceptors (Lipinski definition) is 6. The summed E-state index contributed by atoms with van der Waals surface area (Å²) in [5.41, 5.74) is 2.98. The Bertz CT molecular complexity index is 721. The van der Waals surface area contributed by atoms with Gasteiger partial charge < -0.3 is 18.9 Å². The molecule has 1 heterocycles. The largest absolute Gasteiger partial charge is 0.496 e. The van der Waals surface area contributed by atoms with Gasteiger partial charge in [0.15, 0.2) is 5.92 Å². The molecule has 0 amide bonds. The average Bonchev–Trinajstić information content (AvgIpc) is 2.60. The van der Waals surface area contributed by atoms with Crippen molar-refractivity contribution in [3.8, 4) is 11.5 Å². The number of hydrogen-bond donors (Lipinski definition) is 0. The number of carbonyl (C=O) groups is 2. The van der Waals surface area contributed by atoms with Gasteiger partial charge in [-0.25, -0.2) is 0 Å². The molecule has 0 bridgehead atoms. The van der Waals surface area contributed by atoms with E-state index in [-0.39, 0.29) is 13.2 Å².